The molecule has 0 amide bonds. The zero-order valence-electron chi connectivity index (χ0n) is 9.17. The molecule has 1 heterocycles. The Morgan fingerprint density at radius 1 is 1.59 bits per heavy atom. The van der Waals surface area contributed by atoms with Crippen LogP contribution in [0.3, 0.4) is 0 Å². The fourth-order valence-electron chi connectivity index (χ4n) is 1.90. The van der Waals surface area contributed by atoms with Crippen molar-refractivity contribution in [1.82, 2.24) is 0 Å². The summed E-state index contributed by atoms with van der Waals surface area (Å²) < 4.78 is 19.6. The van der Waals surface area contributed by atoms with Gasteiger partial charge in [0.1, 0.15) is 6.10 Å². The highest BCUT2D eigenvalue weighted by atomic mass is 79.9. The maximum Gasteiger partial charge on any atom is 0.194 e. The summed E-state index contributed by atoms with van der Waals surface area (Å²) in [5.74, 6) is -0.903. The third-order valence-corrected chi connectivity index (χ3v) is 4.21. The number of hydrogen-bond acceptors (Lipinski definition) is 2. The predicted octanol–water partition coefficient (Wildman–Crippen LogP) is 3.85. The molecule has 2 unspecified atom stereocenters. The van der Waals surface area contributed by atoms with E-state index in [4.69, 9.17) is 16.3 Å². The van der Waals surface area contributed by atoms with Crippen LogP contribution in [0, 0.1) is 11.7 Å². The summed E-state index contributed by atoms with van der Waals surface area (Å²) in [6, 6.07) is 3.00. The van der Waals surface area contributed by atoms with Gasteiger partial charge in [-0.15, -0.1) is 0 Å². The quantitative estimate of drug-likeness (QED) is 0.611. The molecule has 1 aliphatic heterocycles. The highest BCUT2D eigenvalue weighted by Gasteiger charge is 2.33. The van der Waals surface area contributed by atoms with E-state index in [0.717, 1.165) is 6.42 Å². The molecule has 17 heavy (non-hydrogen) atoms. The highest BCUT2D eigenvalue weighted by molar-refractivity contribution is 9.10. The third-order valence-electron chi connectivity index (χ3n) is 2.95. The van der Waals surface area contributed by atoms with Crippen LogP contribution in [0.15, 0.2) is 16.6 Å². The molecule has 1 fully saturated rings. The Kier molecular flexibility index (Phi) is 3.85. The van der Waals surface area contributed by atoms with Crippen LogP contribution in [0.5, 0.6) is 0 Å². The van der Waals surface area contributed by atoms with E-state index < -0.39 is 11.9 Å². The topological polar surface area (TPSA) is 26.3 Å². The molecule has 0 aromatic heterocycles. The average Bonchev–Trinajstić information content (AvgIpc) is 2.72. The van der Waals surface area contributed by atoms with E-state index in [-0.39, 0.29) is 22.3 Å². The number of Topliss-reactive ketones (excluding diaryl/α,β-unsaturated/α-hetero) is 1. The van der Waals surface area contributed by atoms with Crippen molar-refractivity contribution in [3.05, 3.63) is 33.0 Å². The number of carbonyl (C=O) groups is 1. The molecule has 1 aliphatic rings. The SMILES string of the molecule is CC1CCOC1C(=O)c1ccc(Br)c(Cl)c1F. The Labute approximate surface area is 112 Å². The van der Waals surface area contributed by atoms with Crippen molar-refractivity contribution in [2.24, 2.45) is 5.92 Å². The summed E-state index contributed by atoms with van der Waals surface area (Å²) in [6.45, 7) is 2.47. The van der Waals surface area contributed by atoms with Crippen molar-refractivity contribution in [2.45, 2.75) is 19.4 Å². The van der Waals surface area contributed by atoms with Crippen molar-refractivity contribution in [1.29, 1.82) is 0 Å². The Morgan fingerprint density at radius 2 is 2.29 bits per heavy atom. The van der Waals surface area contributed by atoms with Gasteiger partial charge in [-0.05, 0) is 40.4 Å². The fraction of sp³-hybridized carbons (Fsp3) is 0.417. The molecule has 0 aliphatic carbocycles. The lowest BCUT2D eigenvalue weighted by atomic mass is 9.96. The van der Waals surface area contributed by atoms with E-state index in [2.05, 4.69) is 15.9 Å². The summed E-state index contributed by atoms with van der Waals surface area (Å²) >= 11 is 8.87. The largest absolute Gasteiger partial charge is 0.370 e. The molecule has 92 valence electrons. The predicted molar refractivity (Wildman–Crippen MR) is 67.0 cm³/mol. The zero-order valence-corrected chi connectivity index (χ0v) is 11.5. The second-order valence-corrected chi connectivity index (χ2v) is 5.38. The first kappa shape index (κ1) is 13.0. The van der Waals surface area contributed by atoms with Gasteiger partial charge in [0.15, 0.2) is 11.6 Å². The first-order chi connectivity index (χ1) is 8.02. The molecular weight excluding hydrogens is 310 g/mol. The lowest BCUT2D eigenvalue weighted by Gasteiger charge is -2.14. The molecule has 2 atom stereocenters. The minimum Gasteiger partial charge on any atom is -0.370 e. The molecule has 0 N–H and O–H groups in total. The van der Waals surface area contributed by atoms with Crippen LogP contribution in [0.25, 0.3) is 0 Å². The lowest BCUT2D eigenvalue weighted by Crippen LogP contribution is -2.26. The molecule has 0 saturated carbocycles. The number of benzene rings is 1. The molecule has 1 aromatic rings. The summed E-state index contributed by atoms with van der Waals surface area (Å²) in [7, 11) is 0. The molecule has 2 nitrogen and oxygen atoms in total. The Hall–Kier alpha value is -0.450. The molecule has 1 aromatic carbocycles. The smallest absolute Gasteiger partial charge is 0.194 e. The number of ketones is 1. The van der Waals surface area contributed by atoms with Gasteiger partial charge in [0, 0.05) is 11.1 Å². The first-order valence-electron chi connectivity index (χ1n) is 5.31. The molecule has 0 radical (unpaired) electrons. The van der Waals surface area contributed by atoms with Gasteiger partial charge in [0.25, 0.3) is 0 Å². The van der Waals surface area contributed by atoms with Crippen LogP contribution in [0.1, 0.15) is 23.7 Å². The summed E-state index contributed by atoms with van der Waals surface area (Å²) in [5.41, 5.74) is -0.00282. The number of halogens is 3. The fourth-order valence-corrected chi connectivity index (χ4v) is 2.37. The Morgan fingerprint density at radius 3 is 2.88 bits per heavy atom. The van der Waals surface area contributed by atoms with Crippen molar-refractivity contribution >= 4 is 33.3 Å². The lowest BCUT2D eigenvalue weighted by molar-refractivity contribution is 0.0575. The van der Waals surface area contributed by atoms with Gasteiger partial charge in [-0.3, -0.25) is 4.79 Å². The van der Waals surface area contributed by atoms with Gasteiger partial charge in [0.2, 0.25) is 0 Å². The van der Waals surface area contributed by atoms with Gasteiger partial charge < -0.3 is 4.74 Å². The van der Waals surface area contributed by atoms with Crippen molar-refractivity contribution in [2.75, 3.05) is 6.61 Å². The van der Waals surface area contributed by atoms with Crippen LogP contribution in [-0.4, -0.2) is 18.5 Å². The minimum atomic E-state index is -0.686. The van der Waals surface area contributed by atoms with E-state index in [0.29, 0.717) is 11.1 Å². The Bertz CT molecular complexity index is 464. The standard InChI is InChI=1S/C12H11BrClFO2/c1-6-4-5-17-12(6)11(16)7-2-3-8(13)9(14)10(7)15/h2-3,6,12H,4-5H2,1H3. The Balaban J connectivity index is 2.34. The number of rotatable bonds is 2. The van der Waals surface area contributed by atoms with Crippen molar-refractivity contribution in [3.8, 4) is 0 Å². The normalized spacial score (nSPS) is 24.0. The van der Waals surface area contributed by atoms with Crippen LogP contribution >= 0.6 is 27.5 Å². The van der Waals surface area contributed by atoms with Gasteiger partial charge in [-0.2, -0.15) is 0 Å². The maximum absolute atomic E-state index is 13.9. The highest BCUT2D eigenvalue weighted by Crippen LogP contribution is 2.30. The van der Waals surface area contributed by atoms with E-state index in [1.807, 2.05) is 6.92 Å². The van der Waals surface area contributed by atoms with Gasteiger partial charge in [-0.1, -0.05) is 18.5 Å². The number of carbonyl (C=O) groups excluding carboxylic acids is 1. The van der Waals surface area contributed by atoms with Gasteiger partial charge in [0.05, 0.1) is 10.6 Å². The van der Waals surface area contributed by atoms with Crippen LogP contribution < -0.4 is 0 Å². The third kappa shape index (κ3) is 2.39. The zero-order chi connectivity index (χ0) is 12.6. The van der Waals surface area contributed by atoms with E-state index in [1.165, 1.54) is 6.07 Å². The monoisotopic (exact) mass is 320 g/mol. The van der Waals surface area contributed by atoms with Crippen molar-refractivity contribution in [3.63, 3.8) is 0 Å². The maximum atomic E-state index is 13.9. The second-order valence-electron chi connectivity index (χ2n) is 4.14. The van der Waals surface area contributed by atoms with E-state index in [9.17, 15) is 9.18 Å². The molecule has 1 saturated heterocycles. The van der Waals surface area contributed by atoms with Gasteiger partial charge >= 0.3 is 0 Å². The molecule has 5 heteroatoms. The second kappa shape index (κ2) is 5.04. The molecule has 2 rings (SSSR count). The van der Waals surface area contributed by atoms with E-state index >= 15 is 0 Å². The first-order valence-corrected chi connectivity index (χ1v) is 6.48. The minimum absolute atomic E-state index is 0.00282. The number of hydrogen-bond donors (Lipinski definition) is 0. The summed E-state index contributed by atoms with van der Waals surface area (Å²) in [4.78, 5) is 12.1. The molecule has 0 spiro atoms. The average molecular weight is 322 g/mol. The summed E-state index contributed by atoms with van der Waals surface area (Å²) in [5, 5.41) is -0.0681. The van der Waals surface area contributed by atoms with Crippen LogP contribution in [-0.2, 0) is 4.74 Å². The molecule has 0 bridgehead atoms. The van der Waals surface area contributed by atoms with E-state index in [1.54, 1.807) is 6.07 Å². The van der Waals surface area contributed by atoms with Crippen molar-refractivity contribution < 1.29 is 13.9 Å². The van der Waals surface area contributed by atoms with Gasteiger partial charge in [-0.25, -0.2) is 4.39 Å². The number of ether oxygens (including phenoxy) is 1. The van der Waals surface area contributed by atoms with Crippen LogP contribution in [0.2, 0.25) is 5.02 Å². The summed E-state index contributed by atoms with van der Waals surface area (Å²) in [6.07, 6.45) is 0.268. The van der Waals surface area contributed by atoms with Crippen LogP contribution in [0.4, 0.5) is 4.39 Å². The molecular formula is C12H11BrClFO2.